The molecule has 8 heteroatoms. The standard InChI is InChI=1S/C15H12ClN7/c1-22-13(3-5-19-22)21-15-18-4-2-11(20-15)10-8-12-14(16)17-6-7-23(12)9-10/h2-9H,1H3,(H,18,20,21). The number of nitrogens with one attached hydrogen (secondary N) is 1. The molecule has 0 saturated carbocycles. The van der Waals surface area contributed by atoms with Crippen LogP contribution in [0.5, 0.6) is 0 Å². The van der Waals surface area contributed by atoms with Crippen molar-refractivity contribution in [1.82, 2.24) is 29.1 Å². The molecule has 0 aliphatic rings. The molecule has 0 aromatic carbocycles. The van der Waals surface area contributed by atoms with Crippen LogP contribution in [0.2, 0.25) is 5.15 Å². The van der Waals surface area contributed by atoms with E-state index in [4.69, 9.17) is 11.6 Å². The van der Waals surface area contributed by atoms with Crippen molar-refractivity contribution in [3.63, 3.8) is 0 Å². The van der Waals surface area contributed by atoms with E-state index in [-0.39, 0.29) is 0 Å². The number of aryl methyl sites for hydroxylation is 1. The van der Waals surface area contributed by atoms with Crippen LogP contribution >= 0.6 is 11.6 Å². The summed E-state index contributed by atoms with van der Waals surface area (Å²) in [5, 5.41) is 7.71. The van der Waals surface area contributed by atoms with Crippen LogP contribution in [0.4, 0.5) is 11.8 Å². The van der Waals surface area contributed by atoms with Crippen LogP contribution in [0.15, 0.2) is 49.2 Å². The van der Waals surface area contributed by atoms with Gasteiger partial charge < -0.3 is 9.72 Å². The smallest absolute Gasteiger partial charge is 0.228 e. The fourth-order valence-electron chi connectivity index (χ4n) is 2.34. The van der Waals surface area contributed by atoms with Gasteiger partial charge in [-0.25, -0.2) is 15.0 Å². The molecule has 4 aromatic rings. The summed E-state index contributed by atoms with van der Waals surface area (Å²) in [6.45, 7) is 0. The quantitative estimate of drug-likeness (QED) is 0.627. The SMILES string of the molecule is Cn1nccc1Nc1nccc(-c2cc3c(Cl)nccn3c2)n1. The number of hydrogen-bond acceptors (Lipinski definition) is 5. The van der Waals surface area contributed by atoms with Crippen molar-refractivity contribution < 1.29 is 0 Å². The summed E-state index contributed by atoms with van der Waals surface area (Å²) >= 11 is 6.11. The fraction of sp³-hybridized carbons (Fsp3) is 0.0667. The average molecular weight is 326 g/mol. The van der Waals surface area contributed by atoms with E-state index in [0.29, 0.717) is 11.1 Å². The molecule has 0 spiro atoms. The predicted octanol–water partition coefficient (Wildman–Crippen LogP) is 2.92. The molecule has 0 fully saturated rings. The second-order valence-corrected chi connectivity index (χ2v) is 5.33. The van der Waals surface area contributed by atoms with Crippen molar-refractivity contribution in [2.45, 2.75) is 0 Å². The van der Waals surface area contributed by atoms with Gasteiger partial charge >= 0.3 is 0 Å². The van der Waals surface area contributed by atoms with Crippen LogP contribution in [0.3, 0.4) is 0 Å². The van der Waals surface area contributed by atoms with Crippen molar-refractivity contribution in [3.05, 3.63) is 54.3 Å². The largest absolute Gasteiger partial charge is 0.319 e. The number of hydrogen-bond donors (Lipinski definition) is 1. The van der Waals surface area contributed by atoms with E-state index in [0.717, 1.165) is 22.6 Å². The first-order valence-electron chi connectivity index (χ1n) is 6.91. The van der Waals surface area contributed by atoms with E-state index < -0.39 is 0 Å². The van der Waals surface area contributed by atoms with Crippen LogP contribution in [-0.4, -0.2) is 29.1 Å². The molecule has 1 N–H and O–H groups in total. The second-order valence-electron chi connectivity index (χ2n) is 4.97. The zero-order chi connectivity index (χ0) is 15.8. The Morgan fingerprint density at radius 2 is 2.04 bits per heavy atom. The summed E-state index contributed by atoms with van der Waals surface area (Å²) < 4.78 is 3.63. The average Bonchev–Trinajstić information content (AvgIpc) is 3.16. The summed E-state index contributed by atoms with van der Waals surface area (Å²) in [6, 6.07) is 5.66. The lowest BCUT2D eigenvalue weighted by atomic mass is 10.2. The van der Waals surface area contributed by atoms with E-state index in [1.165, 1.54) is 0 Å². The van der Waals surface area contributed by atoms with Crippen molar-refractivity contribution in [3.8, 4) is 11.3 Å². The Bertz CT molecular complexity index is 988. The number of halogens is 1. The van der Waals surface area contributed by atoms with Crippen LogP contribution < -0.4 is 5.32 Å². The lowest BCUT2D eigenvalue weighted by Crippen LogP contribution is -2.02. The normalized spacial score (nSPS) is 11.0. The first-order chi connectivity index (χ1) is 11.2. The molecule has 0 aliphatic heterocycles. The van der Waals surface area contributed by atoms with Crippen LogP contribution in [-0.2, 0) is 7.05 Å². The van der Waals surface area contributed by atoms with Gasteiger partial charge in [-0.1, -0.05) is 11.6 Å². The minimum Gasteiger partial charge on any atom is -0.319 e. The van der Waals surface area contributed by atoms with Crippen LogP contribution in [0, 0.1) is 0 Å². The molecule has 0 aliphatic carbocycles. The summed E-state index contributed by atoms with van der Waals surface area (Å²) in [7, 11) is 1.85. The summed E-state index contributed by atoms with van der Waals surface area (Å²) in [6.07, 6.45) is 8.89. The van der Waals surface area contributed by atoms with Gasteiger partial charge in [0.1, 0.15) is 5.82 Å². The maximum Gasteiger partial charge on any atom is 0.228 e. The number of fused-ring (bicyclic) bond motifs is 1. The van der Waals surface area contributed by atoms with E-state index >= 15 is 0 Å². The lowest BCUT2D eigenvalue weighted by Gasteiger charge is -2.05. The Morgan fingerprint density at radius 3 is 2.83 bits per heavy atom. The van der Waals surface area contributed by atoms with Gasteiger partial charge in [-0.2, -0.15) is 5.10 Å². The molecular weight excluding hydrogens is 314 g/mol. The molecule has 0 amide bonds. The maximum atomic E-state index is 6.11. The van der Waals surface area contributed by atoms with Gasteiger partial charge in [-0.05, 0) is 12.1 Å². The Morgan fingerprint density at radius 1 is 1.13 bits per heavy atom. The van der Waals surface area contributed by atoms with Gasteiger partial charge in [0.15, 0.2) is 5.15 Å². The number of aromatic nitrogens is 6. The van der Waals surface area contributed by atoms with E-state index in [9.17, 15) is 0 Å². The van der Waals surface area contributed by atoms with E-state index in [2.05, 4.69) is 25.4 Å². The lowest BCUT2D eigenvalue weighted by molar-refractivity contribution is 0.775. The van der Waals surface area contributed by atoms with Crippen LogP contribution in [0.1, 0.15) is 0 Å². The molecule has 23 heavy (non-hydrogen) atoms. The minimum absolute atomic E-state index is 0.459. The van der Waals surface area contributed by atoms with Crippen molar-refractivity contribution in [2.24, 2.45) is 7.05 Å². The molecule has 0 unspecified atom stereocenters. The Hall–Kier alpha value is -2.93. The van der Waals surface area contributed by atoms with E-state index in [1.807, 2.05) is 42.0 Å². The first-order valence-corrected chi connectivity index (χ1v) is 7.29. The molecular formula is C15H12ClN7. The van der Waals surface area contributed by atoms with Gasteiger partial charge in [0.2, 0.25) is 5.95 Å². The summed E-state index contributed by atoms with van der Waals surface area (Å²) in [5.41, 5.74) is 2.57. The highest BCUT2D eigenvalue weighted by Crippen LogP contribution is 2.25. The van der Waals surface area contributed by atoms with Crippen molar-refractivity contribution in [2.75, 3.05) is 5.32 Å². The molecule has 0 atom stereocenters. The minimum atomic E-state index is 0.459. The topological polar surface area (TPSA) is 72.9 Å². The Kier molecular flexibility index (Phi) is 3.20. The van der Waals surface area contributed by atoms with Crippen molar-refractivity contribution in [1.29, 1.82) is 0 Å². The molecule has 0 bridgehead atoms. The highest BCUT2D eigenvalue weighted by molar-refractivity contribution is 6.32. The van der Waals surface area contributed by atoms with Crippen molar-refractivity contribution >= 4 is 28.9 Å². The third-order valence-electron chi connectivity index (χ3n) is 3.49. The monoisotopic (exact) mass is 325 g/mol. The van der Waals surface area contributed by atoms with E-state index in [1.54, 1.807) is 23.3 Å². The number of rotatable bonds is 3. The highest BCUT2D eigenvalue weighted by atomic mass is 35.5. The highest BCUT2D eigenvalue weighted by Gasteiger charge is 2.09. The third-order valence-corrected chi connectivity index (χ3v) is 3.78. The number of nitrogens with zero attached hydrogens (tertiary/aromatic N) is 6. The maximum absolute atomic E-state index is 6.11. The molecule has 4 heterocycles. The summed E-state index contributed by atoms with van der Waals surface area (Å²) in [4.78, 5) is 12.9. The molecule has 4 aromatic heterocycles. The summed E-state index contributed by atoms with van der Waals surface area (Å²) in [5.74, 6) is 1.32. The van der Waals surface area contributed by atoms with Gasteiger partial charge in [-0.3, -0.25) is 4.68 Å². The Balaban J connectivity index is 1.72. The second kappa shape index (κ2) is 5.36. The Labute approximate surface area is 136 Å². The van der Waals surface area contributed by atoms with Gasteiger partial charge in [0, 0.05) is 43.5 Å². The molecule has 0 saturated heterocycles. The molecule has 4 rings (SSSR count). The first kappa shape index (κ1) is 13.7. The fourth-order valence-corrected chi connectivity index (χ4v) is 2.54. The van der Waals surface area contributed by atoms with Gasteiger partial charge in [-0.15, -0.1) is 0 Å². The molecule has 7 nitrogen and oxygen atoms in total. The molecule has 114 valence electrons. The van der Waals surface area contributed by atoms with Crippen LogP contribution in [0.25, 0.3) is 16.8 Å². The predicted molar refractivity (Wildman–Crippen MR) is 87.7 cm³/mol. The molecule has 0 radical (unpaired) electrons. The zero-order valence-corrected chi connectivity index (χ0v) is 12.9. The third kappa shape index (κ3) is 2.51. The van der Waals surface area contributed by atoms with Gasteiger partial charge in [0.05, 0.1) is 17.4 Å². The number of anilines is 2. The van der Waals surface area contributed by atoms with Gasteiger partial charge in [0.25, 0.3) is 0 Å². The zero-order valence-electron chi connectivity index (χ0n) is 12.2.